The second-order valence-corrected chi connectivity index (χ2v) is 8.13. The smallest absolute Gasteiger partial charge is 0.316 e. The topological polar surface area (TPSA) is 78.8 Å². The molecule has 29 heavy (non-hydrogen) atoms. The molecule has 1 amide bonds. The number of nitrogens with zero attached hydrogens (tertiary/aromatic N) is 1. The van der Waals surface area contributed by atoms with E-state index in [4.69, 9.17) is 11.6 Å². The van der Waals surface area contributed by atoms with Crippen LogP contribution in [0, 0.1) is 10.8 Å². The van der Waals surface area contributed by atoms with Crippen molar-refractivity contribution in [3.05, 3.63) is 75.9 Å². The van der Waals surface area contributed by atoms with Gasteiger partial charge in [0.25, 0.3) is 0 Å². The summed E-state index contributed by atoms with van der Waals surface area (Å²) in [6, 6.07) is 14.7. The Kier molecular flexibility index (Phi) is 6.08. The number of amides is 1. The molecule has 2 unspecified atom stereocenters. The van der Waals surface area contributed by atoms with E-state index in [1.54, 1.807) is 18.2 Å². The second kappa shape index (κ2) is 8.37. The van der Waals surface area contributed by atoms with Crippen LogP contribution in [0.3, 0.4) is 0 Å². The average Bonchev–Trinajstić information content (AvgIpc) is 3.06. The first-order chi connectivity index (χ1) is 13.9. The summed E-state index contributed by atoms with van der Waals surface area (Å²) in [5.41, 5.74) is 2.57. The van der Waals surface area contributed by atoms with Crippen molar-refractivity contribution in [3.8, 4) is 0 Å². The van der Waals surface area contributed by atoms with Crippen LogP contribution in [0.1, 0.15) is 60.5 Å². The number of benzene rings is 2. The number of anilines is 1. The molecule has 1 aliphatic rings. The van der Waals surface area contributed by atoms with Crippen molar-refractivity contribution in [2.75, 3.05) is 5.32 Å². The summed E-state index contributed by atoms with van der Waals surface area (Å²) < 4.78 is 0. The van der Waals surface area contributed by atoms with Gasteiger partial charge in [-0.1, -0.05) is 63.6 Å². The predicted octanol–water partition coefficient (Wildman–Crippen LogP) is 6.46. The number of aliphatic hydroxyl groups excluding tert-OH is 1. The lowest BCUT2D eigenvalue weighted by molar-refractivity contribution is 0.100. The Hall–Kier alpha value is -2.66. The normalized spacial score (nSPS) is 20.7. The third-order valence-corrected chi connectivity index (χ3v) is 6.02. The van der Waals surface area contributed by atoms with E-state index in [1.807, 2.05) is 44.2 Å². The molecule has 0 aromatic heterocycles. The quantitative estimate of drug-likeness (QED) is 0.324. The van der Waals surface area contributed by atoms with Crippen LogP contribution in [0.5, 0.6) is 0 Å². The van der Waals surface area contributed by atoms with Gasteiger partial charge in [0, 0.05) is 33.5 Å². The molecule has 2 N–H and O–H groups in total. The summed E-state index contributed by atoms with van der Waals surface area (Å²) in [7, 11) is 0. The average molecular weight is 413 g/mol. The lowest BCUT2D eigenvalue weighted by Gasteiger charge is -2.37. The van der Waals surface area contributed by atoms with Gasteiger partial charge in [-0.3, -0.25) is 4.79 Å². The third-order valence-electron chi connectivity index (χ3n) is 5.39. The summed E-state index contributed by atoms with van der Waals surface area (Å²) in [6.07, 6.45) is 1.50. The summed E-state index contributed by atoms with van der Waals surface area (Å²) in [4.78, 5) is 22.5. The molecule has 0 spiro atoms. The van der Waals surface area contributed by atoms with Gasteiger partial charge in [0.15, 0.2) is 0 Å². The van der Waals surface area contributed by atoms with E-state index < -0.39 is 16.8 Å². The fourth-order valence-electron chi connectivity index (χ4n) is 4.05. The van der Waals surface area contributed by atoms with Crippen LogP contribution in [0.4, 0.5) is 5.69 Å². The lowest BCUT2D eigenvalue weighted by Crippen LogP contribution is -2.40. The molecule has 0 saturated heterocycles. The Morgan fingerprint density at radius 3 is 2.48 bits per heavy atom. The molecule has 2 aromatic carbocycles. The highest BCUT2D eigenvalue weighted by atomic mass is 35.5. The van der Waals surface area contributed by atoms with Gasteiger partial charge in [0.2, 0.25) is 0 Å². The van der Waals surface area contributed by atoms with Crippen LogP contribution in [0.15, 0.2) is 59.5 Å². The van der Waals surface area contributed by atoms with Crippen LogP contribution in [-0.4, -0.2) is 16.6 Å². The monoisotopic (exact) mass is 412 g/mol. The number of nitroso groups, excluding NO2 is 1. The number of nitrogens with one attached hydrogen (secondary N) is 1. The molecule has 6 heteroatoms. The first kappa shape index (κ1) is 21.1. The van der Waals surface area contributed by atoms with Crippen molar-refractivity contribution in [2.45, 2.75) is 44.5 Å². The number of allylic oxidation sites excluding steroid dienone is 1. The number of hydrogen-bond donors (Lipinski definition) is 2. The third kappa shape index (κ3) is 3.67. The van der Waals surface area contributed by atoms with E-state index in [2.05, 4.69) is 17.4 Å². The van der Waals surface area contributed by atoms with E-state index in [9.17, 15) is 14.8 Å². The van der Waals surface area contributed by atoms with Gasteiger partial charge in [-0.25, -0.2) is 0 Å². The Balaban J connectivity index is 2.25. The number of alkyl halides is 1. The number of carbonyl (C=O) groups excluding carboxylic acids is 1. The standard InChI is InChI=1S/C23H25ClN2O3/c1-4-12-23(21(24)15-8-6-5-7-9-15)19(20(27)14(2)3)17-11-10-16(22(28)26-29)13-18(17)25-23/h5-11,13-14,21,25,27H,4,12H2,1-3H3. The highest BCUT2D eigenvalue weighted by molar-refractivity contribution is 6.23. The van der Waals surface area contributed by atoms with Gasteiger partial charge in [0.05, 0.1) is 10.9 Å². The molecule has 0 fully saturated rings. The molecule has 152 valence electrons. The second-order valence-electron chi connectivity index (χ2n) is 7.69. The number of carbonyl (C=O) groups is 1. The molecular weight excluding hydrogens is 388 g/mol. The molecule has 0 saturated carbocycles. The highest BCUT2D eigenvalue weighted by Gasteiger charge is 2.49. The summed E-state index contributed by atoms with van der Waals surface area (Å²) >= 11 is 7.07. The van der Waals surface area contributed by atoms with Crippen LogP contribution in [0.2, 0.25) is 0 Å². The molecule has 5 nitrogen and oxygen atoms in total. The van der Waals surface area contributed by atoms with Crippen LogP contribution >= 0.6 is 11.6 Å². The van der Waals surface area contributed by atoms with Crippen LogP contribution < -0.4 is 5.32 Å². The maximum absolute atomic E-state index is 11.8. The van der Waals surface area contributed by atoms with E-state index >= 15 is 0 Å². The summed E-state index contributed by atoms with van der Waals surface area (Å²) in [5, 5.41) is 16.7. The van der Waals surface area contributed by atoms with Crippen molar-refractivity contribution < 1.29 is 9.90 Å². The Labute approximate surface area is 175 Å². The fourth-order valence-corrected chi connectivity index (χ4v) is 4.47. The van der Waals surface area contributed by atoms with Gasteiger partial charge in [-0.15, -0.1) is 16.5 Å². The molecule has 1 heterocycles. The minimum atomic E-state index is -0.827. The summed E-state index contributed by atoms with van der Waals surface area (Å²) in [6.45, 7) is 5.92. The number of hydrogen-bond acceptors (Lipinski definition) is 4. The maximum Gasteiger partial charge on any atom is 0.316 e. The Bertz CT molecular complexity index is 956. The van der Waals surface area contributed by atoms with Crippen molar-refractivity contribution in [1.82, 2.24) is 0 Å². The van der Waals surface area contributed by atoms with Crippen molar-refractivity contribution in [3.63, 3.8) is 0 Å². The van der Waals surface area contributed by atoms with Crippen molar-refractivity contribution >= 4 is 28.8 Å². The van der Waals surface area contributed by atoms with E-state index in [-0.39, 0.29) is 17.2 Å². The van der Waals surface area contributed by atoms with Gasteiger partial charge in [-0.05, 0) is 24.1 Å². The lowest BCUT2D eigenvalue weighted by atomic mass is 9.77. The van der Waals surface area contributed by atoms with Gasteiger partial charge < -0.3 is 10.4 Å². The first-order valence-electron chi connectivity index (χ1n) is 9.78. The number of aliphatic hydroxyl groups is 1. The zero-order valence-electron chi connectivity index (χ0n) is 16.8. The minimum Gasteiger partial charge on any atom is -0.512 e. The van der Waals surface area contributed by atoms with E-state index in [0.717, 1.165) is 23.1 Å². The van der Waals surface area contributed by atoms with Crippen molar-refractivity contribution in [2.24, 2.45) is 11.1 Å². The Morgan fingerprint density at radius 2 is 1.90 bits per heavy atom. The molecular formula is C23H25ClN2O3. The first-order valence-corrected chi connectivity index (χ1v) is 10.2. The van der Waals surface area contributed by atoms with Crippen LogP contribution in [-0.2, 0) is 0 Å². The molecule has 1 aliphatic heterocycles. The predicted molar refractivity (Wildman–Crippen MR) is 117 cm³/mol. The molecule has 0 bridgehead atoms. The number of fused-ring (bicyclic) bond motifs is 1. The highest BCUT2D eigenvalue weighted by Crippen LogP contribution is 2.54. The molecule has 2 atom stereocenters. The zero-order chi connectivity index (χ0) is 21.2. The van der Waals surface area contributed by atoms with E-state index in [1.165, 1.54) is 0 Å². The van der Waals surface area contributed by atoms with Gasteiger partial charge >= 0.3 is 5.91 Å². The van der Waals surface area contributed by atoms with Crippen LogP contribution in [0.25, 0.3) is 5.57 Å². The Morgan fingerprint density at radius 1 is 1.21 bits per heavy atom. The zero-order valence-corrected chi connectivity index (χ0v) is 17.5. The van der Waals surface area contributed by atoms with Gasteiger partial charge in [0.1, 0.15) is 5.76 Å². The van der Waals surface area contributed by atoms with Gasteiger partial charge in [-0.2, -0.15) is 0 Å². The molecule has 2 aromatic rings. The van der Waals surface area contributed by atoms with Crippen molar-refractivity contribution in [1.29, 1.82) is 0 Å². The largest absolute Gasteiger partial charge is 0.512 e. The van der Waals surface area contributed by atoms with E-state index in [0.29, 0.717) is 12.1 Å². The SMILES string of the molecule is CCCC1(C(Cl)c2ccccc2)Nc2cc(C(=O)N=O)ccc2C1=C(O)C(C)C. The molecule has 0 aliphatic carbocycles. The molecule has 0 radical (unpaired) electrons. The summed E-state index contributed by atoms with van der Waals surface area (Å²) in [5.74, 6) is -0.669. The number of halogens is 1. The fraction of sp³-hybridized carbons (Fsp3) is 0.348. The molecule has 3 rings (SSSR count). The maximum atomic E-state index is 11.8. The number of rotatable bonds is 6. The minimum absolute atomic E-state index is 0.105.